The van der Waals surface area contributed by atoms with Gasteiger partial charge in [-0.2, -0.15) is 0 Å². The molecule has 0 bridgehead atoms. The van der Waals surface area contributed by atoms with Crippen molar-refractivity contribution in [2.24, 2.45) is 5.73 Å². The van der Waals surface area contributed by atoms with E-state index in [1.165, 1.54) is 16.7 Å². The summed E-state index contributed by atoms with van der Waals surface area (Å²) < 4.78 is 0. The topological polar surface area (TPSA) is 26.0 Å². The van der Waals surface area contributed by atoms with Gasteiger partial charge in [0, 0.05) is 0 Å². The summed E-state index contributed by atoms with van der Waals surface area (Å²) in [5.74, 6) is 0. The molecule has 0 heterocycles. The molecule has 0 saturated heterocycles. The van der Waals surface area contributed by atoms with Gasteiger partial charge < -0.3 is 5.73 Å². The molecule has 1 heteroatoms. The maximum atomic E-state index is 5.53. The van der Waals surface area contributed by atoms with E-state index in [1.807, 2.05) is 0 Å². The second kappa shape index (κ2) is 4.80. The first kappa shape index (κ1) is 12.3. The van der Waals surface area contributed by atoms with Crippen molar-refractivity contribution in [1.29, 1.82) is 0 Å². The van der Waals surface area contributed by atoms with Crippen LogP contribution >= 0.6 is 0 Å². The van der Waals surface area contributed by atoms with Gasteiger partial charge in [-0.1, -0.05) is 39.0 Å². The molecule has 0 amide bonds. The van der Waals surface area contributed by atoms with Gasteiger partial charge in [0.2, 0.25) is 0 Å². The van der Waals surface area contributed by atoms with Gasteiger partial charge in [-0.25, -0.2) is 0 Å². The Balaban J connectivity index is 2.95. The maximum Gasteiger partial charge on any atom is -0.00741 e. The van der Waals surface area contributed by atoms with E-state index >= 15 is 0 Å². The summed E-state index contributed by atoms with van der Waals surface area (Å²) in [6.07, 6.45) is 2.17. The summed E-state index contributed by atoms with van der Waals surface area (Å²) >= 11 is 0. The van der Waals surface area contributed by atoms with Gasteiger partial charge in [0.1, 0.15) is 0 Å². The summed E-state index contributed by atoms with van der Waals surface area (Å²) in [4.78, 5) is 0. The minimum absolute atomic E-state index is 0.239. The lowest BCUT2D eigenvalue weighted by atomic mass is 9.83. The van der Waals surface area contributed by atoms with Crippen LogP contribution in [0.3, 0.4) is 0 Å². The number of aryl methyl sites for hydroxylation is 2. The number of benzene rings is 1. The van der Waals surface area contributed by atoms with Crippen molar-refractivity contribution < 1.29 is 0 Å². The minimum atomic E-state index is 0.239. The first-order valence-electron chi connectivity index (χ1n) is 5.75. The molecule has 0 aliphatic rings. The van der Waals surface area contributed by atoms with E-state index < -0.39 is 0 Å². The molecule has 1 aromatic carbocycles. The Morgan fingerprint density at radius 2 is 1.87 bits per heavy atom. The van der Waals surface area contributed by atoms with Gasteiger partial charge in [-0.15, -0.1) is 0 Å². The number of hydrogen-bond acceptors (Lipinski definition) is 1. The molecule has 15 heavy (non-hydrogen) atoms. The van der Waals surface area contributed by atoms with E-state index in [-0.39, 0.29) is 5.41 Å². The fraction of sp³-hybridized carbons (Fsp3) is 0.571. The highest BCUT2D eigenvalue weighted by molar-refractivity contribution is 5.35. The SMILES string of the molecule is Cc1ccc(CCCN)cc1C(C)(C)C. The molecule has 1 rings (SSSR count). The lowest BCUT2D eigenvalue weighted by Gasteiger charge is -2.22. The van der Waals surface area contributed by atoms with Crippen LogP contribution in [-0.4, -0.2) is 6.54 Å². The van der Waals surface area contributed by atoms with Crippen LogP contribution in [0, 0.1) is 6.92 Å². The predicted octanol–water partition coefficient (Wildman–Crippen LogP) is 3.18. The molecular formula is C14H23N. The van der Waals surface area contributed by atoms with Crippen molar-refractivity contribution in [2.75, 3.05) is 6.54 Å². The third kappa shape index (κ3) is 3.35. The smallest absolute Gasteiger partial charge is 0.00741 e. The summed E-state index contributed by atoms with van der Waals surface area (Å²) in [5.41, 5.74) is 10.0. The first-order chi connectivity index (χ1) is 6.95. The van der Waals surface area contributed by atoms with Crippen molar-refractivity contribution in [1.82, 2.24) is 0 Å². The van der Waals surface area contributed by atoms with Crippen LogP contribution in [0.15, 0.2) is 18.2 Å². The van der Waals surface area contributed by atoms with Crippen molar-refractivity contribution in [3.63, 3.8) is 0 Å². The molecule has 0 aliphatic heterocycles. The maximum absolute atomic E-state index is 5.53. The molecule has 84 valence electrons. The quantitative estimate of drug-likeness (QED) is 0.806. The molecule has 1 nitrogen and oxygen atoms in total. The lowest BCUT2D eigenvalue weighted by molar-refractivity contribution is 0.585. The van der Waals surface area contributed by atoms with Crippen molar-refractivity contribution in [3.8, 4) is 0 Å². The van der Waals surface area contributed by atoms with Crippen LogP contribution in [0.1, 0.15) is 43.9 Å². The Hall–Kier alpha value is -0.820. The number of nitrogens with two attached hydrogens (primary N) is 1. The fourth-order valence-corrected chi connectivity index (χ4v) is 1.94. The second-order valence-electron chi connectivity index (χ2n) is 5.29. The minimum Gasteiger partial charge on any atom is -0.330 e. The fourth-order valence-electron chi connectivity index (χ4n) is 1.94. The van der Waals surface area contributed by atoms with Gasteiger partial charge in [-0.3, -0.25) is 0 Å². The molecule has 0 aromatic heterocycles. The monoisotopic (exact) mass is 205 g/mol. The van der Waals surface area contributed by atoms with Gasteiger partial charge >= 0.3 is 0 Å². The third-order valence-electron chi connectivity index (χ3n) is 2.78. The van der Waals surface area contributed by atoms with E-state index in [0.717, 1.165) is 19.4 Å². The molecular weight excluding hydrogens is 182 g/mol. The van der Waals surface area contributed by atoms with Crippen LogP contribution in [0.2, 0.25) is 0 Å². The molecule has 0 aliphatic carbocycles. The molecule has 0 spiro atoms. The van der Waals surface area contributed by atoms with Gasteiger partial charge in [0.25, 0.3) is 0 Å². The Kier molecular flexibility index (Phi) is 3.92. The van der Waals surface area contributed by atoms with E-state index in [0.29, 0.717) is 0 Å². The summed E-state index contributed by atoms with van der Waals surface area (Å²) in [7, 11) is 0. The highest BCUT2D eigenvalue weighted by Crippen LogP contribution is 2.26. The summed E-state index contributed by atoms with van der Waals surface area (Å²) in [6.45, 7) is 9.76. The molecule has 1 aromatic rings. The zero-order chi connectivity index (χ0) is 11.5. The largest absolute Gasteiger partial charge is 0.330 e. The van der Waals surface area contributed by atoms with E-state index in [1.54, 1.807) is 0 Å². The Morgan fingerprint density at radius 3 is 2.40 bits per heavy atom. The Morgan fingerprint density at radius 1 is 1.20 bits per heavy atom. The average molecular weight is 205 g/mol. The molecule has 0 unspecified atom stereocenters. The highest BCUT2D eigenvalue weighted by Gasteiger charge is 2.16. The average Bonchev–Trinajstić information content (AvgIpc) is 2.15. The van der Waals surface area contributed by atoms with Crippen LogP contribution in [0.4, 0.5) is 0 Å². The summed E-state index contributed by atoms with van der Waals surface area (Å²) in [5, 5.41) is 0. The normalized spacial score (nSPS) is 11.8. The van der Waals surface area contributed by atoms with Crippen LogP contribution in [0.25, 0.3) is 0 Å². The summed E-state index contributed by atoms with van der Waals surface area (Å²) in [6, 6.07) is 6.79. The van der Waals surface area contributed by atoms with Gasteiger partial charge in [0.15, 0.2) is 0 Å². The molecule has 0 radical (unpaired) electrons. The highest BCUT2D eigenvalue weighted by atomic mass is 14.5. The van der Waals surface area contributed by atoms with Gasteiger partial charge in [-0.05, 0) is 48.4 Å². The number of hydrogen-bond donors (Lipinski definition) is 1. The molecule has 0 fully saturated rings. The van der Waals surface area contributed by atoms with Gasteiger partial charge in [0.05, 0.1) is 0 Å². The van der Waals surface area contributed by atoms with Crippen molar-refractivity contribution in [3.05, 3.63) is 34.9 Å². The zero-order valence-electron chi connectivity index (χ0n) is 10.4. The van der Waals surface area contributed by atoms with Crippen LogP contribution in [0.5, 0.6) is 0 Å². The molecule has 0 saturated carbocycles. The lowest BCUT2D eigenvalue weighted by Crippen LogP contribution is -2.13. The van der Waals surface area contributed by atoms with Crippen LogP contribution in [-0.2, 0) is 11.8 Å². The predicted molar refractivity (Wildman–Crippen MR) is 67.3 cm³/mol. The van der Waals surface area contributed by atoms with Crippen molar-refractivity contribution in [2.45, 2.75) is 46.0 Å². The van der Waals surface area contributed by atoms with Crippen molar-refractivity contribution >= 4 is 0 Å². The Labute approximate surface area is 93.7 Å². The van der Waals surface area contributed by atoms with E-state index in [4.69, 9.17) is 5.73 Å². The van der Waals surface area contributed by atoms with E-state index in [2.05, 4.69) is 45.9 Å². The third-order valence-corrected chi connectivity index (χ3v) is 2.78. The zero-order valence-corrected chi connectivity index (χ0v) is 10.4. The molecule has 0 atom stereocenters. The van der Waals surface area contributed by atoms with E-state index in [9.17, 15) is 0 Å². The van der Waals surface area contributed by atoms with Crippen LogP contribution < -0.4 is 5.73 Å². The number of rotatable bonds is 3. The standard InChI is InChI=1S/C14H23N/c1-11-7-8-12(6-5-9-15)10-13(11)14(2,3)4/h7-8,10H,5-6,9,15H2,1-4H3. The first-order valence-corrected chi connectivity index (χ1v) is 5.75. The second-order valence-corrected chi connectivity index (χ2v) is 5.29. The Bertz CT molecular complexity index is 321. The molecule has 2 N–H and O–H groups in total.